The maximum absolute atomic E-state index is 2.56. The molecule has 1 spiro atoms. The van der Waals surface area contributed by atoms with Crippen LogP contribution >= 0.6 is 0 Å². The molecule has 0 bridgehead atoms. The molecular formula is C18H34. The first-order chi connectivity index (χ1) is 8.31. The summed E-state index contributed by atoms with van der Waals surface area (Å²) in [5.74, 6) is 6.39. The van der Waals surface area contributed by atoms with E-state index in [1.165, 1.54) is 19.3 Å². The molecule has 18 heavy (non-hydrogen) atoms. The van der Waals surface area contributed by atoms with Gasteiger partial charge in [0.2, 0.25) is 0 Å². The lowest BCUT2D eigenvalue weighted by atomic mass is 9.46. The average molecular weight is 250 g/mol. The van der Waals surface area contributed by atoms with Crippen molar-refractivity contribution < 1.29 is 0 Å². The first-order valence-electron chi connectivity index (χ1n) is 8.31. The standard InChI is InChI=1S/C18H34/c1-11-8-9-18(16(6)14(11)4)10-12(2)13(3)15(5)17(18)7/h11-17H,8-10H2,1-7H3. The van der Waals surface area contributed by atoms with Crippen molar-refractivity contribution in [2.75, 3.05) is 0 Å². The van der Waals surface area contributed by atoms with Gasteiger partial charge in [0, 0.05) is 0 Å². The smallest absolute Gasteiger partial charge is 0.0238 e. The zero-order valence-corrected chi connectivity index (χ0v) is 13.7. The van der Waals surface area contributed by atoms with E-state index in [0.717, 1.165) is 41.4 Å². The van der Waals surface area contributed by atoms with E-state index in [9.17, 15) is 0 Å². The van der Waals surface area contributed by atoms with Crippen LogP contribution in [0.15, 0.2) is 0 Å². The van der Waals surface area contributed by atoms with Gasteiger partial charge in [0.05, 0.1) is 0 Å². The molecule has 0 heteroatoms. The zero-order chi connectivity index (χ0) is 13.7. The van der Waals surface area contributed by atoms with E-state index in [1.54, 1.807) is 0 Å². The highest BCUT2D eigenvalue weighted by atomic mass is 14.6. The molecule has 2 saturated carbocycles. The van der Waals surface area contributed by atoms with Crippen LogP contribution in [0.4, 0.5) is 0 Å². The molecule has 0 amide bonds. The molecule has 0 aromatic heterocycles. The Kier molecular flexibility index (Phi) is 3.87. The van der Waals surface area contributed by atoms with Crippen molar-refractivity contribution in [1.29, 1.82) is 0 Å². The monoisotopic (exact) mass is 250 g/mol. The SMILES string of the molecule is CC1CC2(CCC(C)C(C)C2C)C(C)C(C)C1C. The Morgan fingerprint density at radius 2 is 1.22 bits per heavy atom. The van der Waals surface area contributed by atoms with E-state index in [-0.39, 0.29) is 0 Å². The molecule has 2 aliphatic rings. The van der Waals surface area contributed by atoms with Gasteiger partial charge in [0.15, 0.2) is 0 Å². The van der Waals surface area contributed by atoms with E-state index >= 15 is 0 Å². The van der Waals surface area contributed by atoms with Crippen LogP contribution in [0, 0.1) is 46.8 Å². The van der Waals surface area contributed by atoms with Crippen molar-refractivity contribution in [3.63, 3.8) is 0 Å². The molecule has 0 aromatic carbocycles. The Labute approximate surface area is 115 Å². The van der Waals surface area contributed by atoms with Crippen LogP contribution in [0.25, 0.3) is 0 Å². The van der Waals surface area contributed by atoms with Gasteiger partial charge in [-0.25, -0.2) is 0 Å². The third-order valence-corrected chi connectivity index (χ3v) is 7.78. The van der Waals surface area contributed by atoms with Gasteiger partial charge in [-0.15, -0.1) is 0 Å². The van der Waals surface area contributed by atoms with Crippen LogP contribution in [0.5, 0.6) is 0 Å². The predicted octanol–water partition coefficient (Wildman–Crippen LogP) is 5.62. The summed E-state index contributed by atoms with van der Waals surface area (Å²) in [4.78, 5) is 0. The van der Waals surface area contributed by atoms with Crippen molar-refractivity contribution in [3.8, 4) is 0 Å². The van der Waals surface area contributed by atoms with Crippen LogP contribution in [0.2, 0.25) is 0 Å². The minimum absolute atomic E-state index is 0.650. The summed E-state index contributed by atoms with van der Waals surface area (Å²) in [7, 11) is 0. The maximum atomic E-state index is 2.56. The topological polar surface area (TPSA) is 0 Å². The lowest BCUT2D eigenvalue weighted by Gasteiger charge is -2.59. The fraction of sp³-hybridized carbons (Fsp3) is 1.00. The summed E-state index contributed by atoms with van der Waals surface area (Å²) in [6.07, 6.45) is 4.43. The Morgan fingerprint density at radius 1 is 0.667 bits per heavy atom. The molecule has 0 aromatic rings. The van der Waals surface area contributed by atoms with Crippen LogP contribution in [0.1, 0.15) is 67.7 Å². The quantitative estimate of drug-likeness (QED) is 0.523. The second kappa shape index (κ2) is 4.84. The number of rotatable bonds is 0. The molecule has 2 aliphatic carbocycles. The lowest BCUT2D eigenvalue weighted by Crippen LogP contribution is -2.51. The van der Waals surface area contributed by atoms with Gasteiger partial charge in [-0.05, 0) is 66.1 Å². The van der Waals surface area contributed by atoms with E-state index in [1.807, 2.05) is 0 Å². The Morgan fingerprint density at radius 3 is 1.83 bits per heavy atom. The van der Waals surface area contributed by atoms with Crippen molar-refractivity contribution in [2.24, 2.45) is 46.8 Å². The first-order valence-corrected chi connectivity index (χ1v) is 8.31. The van der Waals surface area contributed by atoms with Crippen molar-refractivity contribution >= 4 is 0 Å². The van der Waals surface area contributed by atoms with E-state index in [0.29, 0.717) is 5.41 Å². The van der Waals surface area contributed by atoms with Gasteiger partial charge in [0.1, 0.15) is 0 Å². The fourth-order valence-corrected chi connectivity index (χ4v) is 5.40. The van der Waals surface area contributed by atoms with E-state index in [4.69, 9.17) is 0 Å². The van der Waals surface area contributed by atoms with E-state index < -0.39 is 0 Å². The van der Waals surface area contributed by atoms with Crippen molar-refractivity contribution in [3.05, 3.63) is 0 Å². The molecule has 0 saturated heterocycles. The largest absolute Gasteiger partial charge is 0.0622 e. The van der Waals surface area contributed by atoms with Gasteiger partial charge in [-0.1, -0.05) is 48.5 Å². The Balaban J connectivity index is 2.29. The van der Waals surface area contributed by atoms with Gasteiger partial charge in [-0.2, -0.15) is 0 Å². The fourth-order valence-electron chi connectivity index (χ4n) is 5.40. The molecule has 0 radical (unpaired) electrons. The molecule has 106 valence electrons. The van der Waals surface area contributed by atoms with Gasteiger partial charge < -0.3 is 0 Å². The van der Waals surface area contributed by atoms with Gasteiger partial charge >= 0.3 is 0 Å². The number of hydrogen-bond donors (Lipinski definition) is 0. The molecule has 0 heterocycles. The van der Waals surface area contributed by atoms with Crippen LogP contribution in [0.3, 0.4) is 0 Å². The van der Waals surface area contributed by atoms with Crippen molar-refractivity contribution in [1.82, 2.24) is 0 Å². The summed E-state index contributed by atoms with van der Waals surface area (Å²) in [5.41, 5.74) is 0.650. The Bertz CT molecular complexity index is 288. The van der Waals surface area contributed by atoms with Crippen LogP contribution in [-0.2, 0) is 0 Å². The third kappa shape index (κ3) is 1.95. The second-order valence-corrected chi connectivity index (χ2v) is 8.09. The predicted molar refractivity (Wildman–Crippen MR) is 80.4 cm³/mol. The first kappa shape index (κ1) is 14.4. The molecule has 0 nitrogen and oxygen atoms in total. The molecule has 0 aliphatic heterocycles. The molecular weight excluding hydrogens is 216 g/mol. The summed E-state index contributed by atoms with van der Waals surface area (Å²) in [6, 6.07) is 0. The van der Waals surface area contributed by atoms with Crippen LogP contribution in [-0.4, -0.2) is 0 Å². The molecule has 2 fully saturated rings. The maximum Gasteiger partial charge on any atom is -0.0238 e. The third-order valence-electron chi connectivity index (χ3n) is 7.78. The van der Waals surface area contributed by atoms with Crippen LogP contribution < -0.4 is 0 Å². The summed E-state index contributed by atoms with van der Waals surface area (Å²) < 4.78 is 0. The molecule has 2 rings (SSSR count). The highest BCUT2D eigenvalue weighted by molar-refractivity contribution is 5.01. The van der Waals surface area contributed by atoms with Gasteiger partial charge in [0.25, 0.3) is 0 Å². The summed E-state index contributed by atoms with van der Waals surface area (Å²) >= 11 is 0. The molecule has 8 unspecified atom stereocenters. The lowest BCUT2D eigenvalue weighted by molar-refractivity contribution is -0.0993. The highest BCUT2D eigenvalue weighted by Gasteiger charge is 2.52. The minimum Gasteiger partial charge on any atom is -0.0622 e. The average Bonchev–Trinajstić information content (AvgIpc) is 2.35. The zero-order valence-electron chi connectivity index (χ0n) is 13.7. The van der Waals surface area contributed by atoms with Gasteiger partial charge in [-0.3, -0.25) is 0 Å². The molecule has 0 N–H and O–H groups in total. The van der Waals surface area contributed by atoms with E-state index in [2.05, 4.69) is 48.5 Å². The highest BCUT2D eigenvalue weighted by Crippen LogP contribution is 2.60. The molecule has 8 atom stereocenters. The minimum atomic E-state index is 0.650. The Hall–Kier alpha value is 0. The number of hydrogen-bond acceptors (Lipinski definition) is 0. The summed E-state index contributed by atoms with van der Waals surface area (Å²) in [5, 5.41) is 0. The second-order valence-electron chi connectivity index (χ2n) is 8.09. The van der Waals surface area contributed by atoms with Crippen molar-refractivity contribution in [2.45, 2.75) is 67.7 Å². The normalized spacial score (nSPS) is 57.8. The summed E-state index contributed by atoms with van der Waals surface area (Å²) in [6.45, 7) is 17.6.